The number of hydrogen-bond acceptors (Lipinski definition) is 3. The van der Waals surface area contributed by atoms with Gasteiger partial charge in [0.15, 0.2) is 5.78 Å². The molecule has 0 atom stereocenters. The predicted molar refractivity (Wildman–Crippen MR) is 72.2 cm³/mol. The SMILES string of the molecule is CC(=O)c1ccccc1-c1ccccc1S([NH])(=O)=O. The van der Waals surface area contributed by atoms with E-state index in [0.717, 1.165) is 0 Å². The van der Waals surface area contributed by atoms with Gasteiger partial charge >= 0.3 is 0 Å². The van der Waals surface area contributed by atoms with Crippen LogP contribution in [0.25, 0.3) is 11.1 Å². The Morgan fingerprint density at radius 2 is 1.47 bits per heavy atom. The summed E-state index contributed by atoms with van der Waals surface area (Å²) in [6.45, 7) is 1.43. The molecule has 0 unspecified atom stereocenters. The topological polar surface area (TPSA) is 75.0 Å². The molecule has 1 radical (unpaired) electrons. The first-order valence-corrected chi connectivity index (χ1v) is 7.08. The largest absolute Gasteiger partial charge is 0.294 e. The maximum atomic E-state index is 11.6. The van der Waals surface area contributed by atoms with Gasteiger partial charge in [0.2, 0.25) is 0 Å². The van der Waals surface area contributed by atoms with Crippen molar-refractivity contribution in [2.24, 2.45) is 0 Å². The van der Waals surface area contributed by atoms with E-state index in [4.69, 9.17) is 5.14 Å². The van der Waals surface area contributed by atoms with Gasteiger partial charge in [-0.15, -0.1) is 5.14 Å². The molecule has 0 aliphatic carbocycles. The number of nitrogens with one attached hydrogen (secondary N) is 1. The third kappa shape index (κ3) is 2.72. The highest BCUT2D eigenvalue weighted by atomic mass is 32.2. The molecule has 0 fully saturated rings. The summed E-state index contributed by atoms with van der Waals surface area (Å²) >= 11 is 0. The van der Waals surface area contributed by atoms with Crippen LogP contribution in [-0.4, -0.2) is 14.2 Å². The Morgan fingerprint density at radius 3 is 2.05 bits per heavy atom. The van der Waals surface area contributed by atoms with Gasteiger partial charge in [0.1, 0.15) is 0 Å². The number of Topliss-reactive ketones (excluding diaryl/α,β-unsaturated/α-hetero) is 1. The highest BCUT2D eigenvalue weighted by Crippen LogP contribution is 2.29. The number of rotatable bonds is 3. The first-order chi connectivity index (χ1) is 8.91. The number of carbonyl (C=O) groups is 1. The second kappa shape index (κ2) is 4.95. The highest BCUT2D eigenvalue weighted by molar-refractivity contribution is 7.89. The van der Waals surface area contributed by atoms with Crippen LogP contribution in [0.5, 0.6) is 0 Å². The molecule has 97 valence electrons. The molecule has 0 saturated heterocycles. The molecule has 4 nitrogen and oxygen atoms in total. The van der Waals surface area contributed by atoms with Gasteiger partial charge in [0, 0.05) is 11.1 Å². The minimum absolute atomic E-state index is 0.0938. The molecule has 0 saturated carbocycles. The summed E-state index contributed by atoms with van der Waals surface area (Å²) in [6.07, 6.45) is 0. The van der Waals surface area contributed by atoms with Crippen molar-refractivity contribution in [2.75, 3.05) is 0 Å². The van der Waals surface area contributed by atoms with Crippen LogP contribution < -0.4 is 5.14 Å². The Kier molecular flexibility index (Phi) is 3.50. The zero-order valence-electron chi connectivity index (χ0n) is 10.3. The fourth-order valence-electron chi connectivity index (χ4n) is 1.95. The van der Waals surface area contributed by atoms with Crippen molar-refractivity contribution >= 4 is 15.8 Å². The normalized spacial score (nSPS) is 11.3. The maximum Gasteiger partial charge on any atom is 0.254 e. The molecule has 0 aliphatic heterocycles. The summed E-state index contributed by atoms with van der Waals surface area (Å²) < 4.78 is 23.0. The van der Waals surface area contributed by atoms with E-state index >= 15 is 0 Å². The van der Waals surface area contributed by atoms with Gasteiger partial charge in [0.05, 0.1) is 4.90 Å². The van der Waals surface area contributed by atoms with Crippen molar-refractivity contribution in [3.05, 3.63) is 54.1 Å². The number of carbonyl (C=O) groups excluding carboxylic acids is 1. The van der Waals surface area contributed by atoms with Crippen molar-refractivity contribution in [2.45, 2.75) is 11.8 Å². The molecular weight excluding hydrogens is 262 g/mol. The molecule has 0 amide bonds. The average Bonchev–Trinajstić information content (AvgIpc) is 2.37. The lowest BCUT2D eigenvalue weighted by atomic mass is 9.97. The smallest absolute Gasteiger partial charge is 0.254 e. The fourth-order valence-corrected chi connectivity index (χ4v) is 2.67. The Hall–Kier alpha value is -1.98. The standard InChI is InChI=1S/C14H12NO3S/c1-10(16)11-6-2-3-7-12(11)13-8-4-5-9-14(13)19(15,17)18/h2-9,15H,1H3. The van der Waals surface area contributed by atoms with E-state index in [1.54, 1.807) is 42.5 Å². The van der Waals surface area contributed by atoms with Gasteiger partial charge in [0.25, 0.3) is 10.0 Å². The monoisotopic (exact) mass is 274 g/mol. The zero-order valence-corrected chi connectivity index (χ0v) is 11.1. The van der Waals surface area contributed by atoms with E-state index in [1.165, 1.54) is 13.0 Å². The summed E-state index contributed by atoms with van der Waals surface area (Å²) in [5.74, 6) is -0.146. The third-order valence-electron chi connectivity index (χ3n) is 2.77. The van der Waals surface area contributed by atoms with Gasteiger partial charge in [-0.3, -0.25) is 4.79 Å². The lowest BCUT2D eigenvalue weighted by Gasteiger charge is -2.10. The number of hydrogen-bond donors (Lipinski definition) is 0. The molecule has 2 rings (SSSR count). The second-order valence-corrected chi connectivity index (χ2v) is 5.55. The van der Waals surface area contributed by atoms with Gasteiger partial charge in [-0.2, -0.15) is 0 Å². The molecular formula is C14H12NO3S. The van der Waals surface area contributed by atoms with Crippen molar-refractivity contribution in [3.8, 4) is 11.1 Å². The molecule has 2 aromatic carbocycles. The average molecular weight is 274 g/mol. The molecule has 0 spiro atoms. The van der Waals surface area contributed by atoms with Crippen molar-refractivity contribution in [1.82, 2.24) is 5.14 Å². The summed E-state index contributed by atoms with van der Waals surface area (Å²) in [6, 6.07) is 13.0. The summed E-state index contributed by atoms with van der Waals surface area (Å²) in [4.78, 5) is 11.5. The van der Waals surface area contributed by atoms with E-state index in [9.17, 15) is 13.2 Å². The van der Waals surface area contributed by atoms with E-state index in [-0.39, 0.29) is 10.7 Å². The number of sulfonamides is 1. The lowest BCUT2D eigenvalue weighted by molar-refractivity contribution is 0.101. The highest BCUT2D eigenvalue weighted by Gasteiger charge is 2.18. The Bertz CT molecular complexity index is 736. The van der Waals surface area contributed by atoms with Crippen LogP contribution in [0.15, 0.2) is 53.4 Å². The molecule has 5 heteroatoms. The quantitative estimate of drug-likeness (QED) is 0.807. The van der Waals surface area contributed by atoms with E-state index in [0.29, 0.717) is 16.7 Å². The van der Waals surface area contributed by atoms with Gasteiger partial charge in [-0.25, -0.2) is 8.42 Å². The molecule has 0 bridgehead atoms. The Labute approximate surface area is 111 Å². The summed E-state index contributed by atoms with van der Waals surface area (Å²) in [7, 11) is -4.09. The fraction of sp³-hybridized carbons (Fsp3) is 0.0714. The first-order valence-electron chi connectivity index (χ1n) is 5.60. The van der Waals surface area contributed by atoms with Crippen molar-refractivity contribution < 1.29 is 13.2 Å². The minimum atomic E-state index is -4.09. The lowest BCUT2D eigenvalue weighted by Crippen LogP contribution is -2.04. The van der Waals surface area contributed by atoms with Crippen LogP contribution in [0.1, 0.15) is 17.3 Å². The zero-order chi connectivity index (χ0) is 14.0. The van der Waals surface area contributed by atoms with Gasteiger partial charge in [-0.05, 0) is 18.6 Å². The van der Waals surface area contributed by atoms with Crippen molar-refractivity contribution in [1.29, 1.82) is 0 Å². The van der Waals surface area contributed by atoms with Gasteiger partial charge < -0.3 is 0 Å². The minimum Gasteiger partial charge on any atom is -0.294 e. The molecule has 1 N–H and O–H groups in total. The van der Waals surface area contributed by atoms with Gasteiger partial charge in [-0.1, -0.05) is 42.5 Å². The third-order valence-corrected chi connectivity index (χ3v) is 3.71. The molecule has 2 aromatic rings. The summed E-state index contributed by atoms with van der Waals surface area (Å²) in [5.41, 5.74) is 1.35. The molecule has 19 heavy (non-hydrogen) atoms. The Morgan fingerprint density at radius 1 is 0.947 bits per heavy atom. The molecule has 0 heterocycles. The van der Waals surface area contributed by atoms with Crippen LogP contribution in [-0.2, 0) is 10.0 Å². The number of ketones is 1. The summed E-state index contributed by atoms with van der Waals surface area (Å²) in [5, 5.41) is 7.23. The van der Waals surface area contributed by atoms with E-state index in [1.807, 2.05) is 0 Å². The molecule has 0 aliphatic rings. The predicted octanol–water partition coefficient (Wildman–Crippen LogP) is 2.53. The van der Waals surface area contributed by atoms with Crippen LogP contribution in [0, 0.1) is 0 Å². The molecule has 0 aromatic heterocycles. The first kappa shape index (κ1) is 13.5. The van der Waals surface area contributed by atoms with Crippen LogP contribution >= 0.6 is 0 Å². The van der Waals surface area contributed by atoms with Crippen LogP contribution in [0.3, 0.4) is 0 Å². The van der Waals surface area contributed by atoms with Crippen LogP contribution in [0.2, 0.25) is 0 Å². The second-order valence-electron chi connectivity index (χ2n) is 4.10. The van der Waals surface area contributed by atoms with E-state index < -0.39 is 10.0 Å². The maximum absolute atomic E-state index is 11.6. The Balaban J connectivity index is 2.78. The number of benzene rings is 2. The van der Waals surface area contributed by atoms with E-state index in [2.05, 4.69) is 0 Å². The van der Waals surface area contributed by atoms with Crippen LogP contribution in [0.4, 0.5) is 0 Å². The van der Waals surface area contributed by atoms with Crippen molar-refractivity contribution in [3.63, 3.8) is 0 Å².